The van der Waals surface area contributed by atoms with Crippen molar-refractivity contribution in [2.75, 3.05) is 12.5 Å². The first-order chi connectivity index (χ1) is 6.40. The molecular weight excluding hydrogens is 186 g/mol. The number of ether oxygens (including phenoxy) is 1. The Bertz CT molecular complexity index is 310. The molecule has 68 valence electrons. The Hall–Kier alpha value is -1.02. The molecule has 0 saturated carbocycles. The van der Waals surface area contributed by atoms with Gasteiger partial charge in [-0.05, 0) is 5.56 Å². The van der Waals surface area contributed by atoms with Crippen molar-refractivity contribution < 1.29 is 4.74 Å². The molecule has 13 heavy (non-hydrogen) atoms. The van der Waals surface area contributed by atoms with Gasteiger partial charge in [-0.15, -0.1) is 11.6 Å². The molecule has 1 heterocycles. The average molecular weight is 196 g/mol. The van der Waals surface area contributed by atoms with Gasteiger partial charge in [-0.1, -0.05) is 30.3 Å². The van der Waals surface area contributed by atoms with Gasteiger partial charge in [-0.3, -0.25) is 0 Å². The first-order valence-corrected chi connectivity index (χ1v) is 4.74. The molecule has 1 aromatic carbocycles. The highest BCUT2D eigenvalue weighted by molar-refractivity contribution is 6.27. The molecule has 0 aromatic heterocycles. The van der Waals surface area contributed by atoms with Crippen LogP contribution in [0.25, 0.3) is 0 Å². The second-order valence-corrected chi connectivity index (χ2v) is 3.16. The maximum atomic E-state index is 5.60. The van der Waals surface area contributed by atoms with Crippen molar-refractivity contribution in [1.82, 2.24) is 0 Å². The summed E-state index contributed by atoms with van der Waals surface area (Å²) in [4.78, 5) is 4.34. The Kier molecular flexibility index (Phi) is 2.50. The van der Waals surface area contributed by atoms with E-state index in [9.17, 15) is 0 Å². The number of hydrogen-bond acceptors (Lipinski definition) is 2. The van der Waals surface area contributed by atoms with E-state index in [0.29, 0.717) is 18.4 Å². The molecule has 0 bridgehead atoms. The Morgan fingerprint density at radius 2 is 2.15 bits per heavy atom. The summed E-state index contributed by atoms with van der Waals surface area (Å²) < 4.78 is 5.29. The van der Waals surface area contributed by atoms with Gasteiger partial charge in [0.25, 0.3) is 0 Å². The Labute approximate surface area is 82.2 Å². The number of alkyl halides is 1. The van der Waals surface area contributed by atoms with Crippen molar-refractivity contribution in [3.05, 3.63) is 35.9 Å². The van der Waals surface area contributed by atoms with E-state index in [2.05, 4.69) is 17.1 Å². The summed E-state index contributed by atoms with van der Waals surface area (Å²) in [7, 11) is 0. The van der Waals surface area contributed by atoms with Crippen LogP contribution in [-0.4, -0.2) is 18.4 Å². The van der Waals surface area contributed by atoms with Gasteiger partial charge in [-0.25, -0.2) is 4.99 Å². The van der Waals surface area contributed by atoms with E-state index in [4.69, 9.17) is 16.3 Å². The minimum atomic E-state index is 0.134. The molecule has 0 radical (unpaired) electrons. The summed E-state index contributed by atoms with van der Waals surface area (Å²) in [5.74, 6) is 1.01. The largest absolute Gasteiger partial charge is 0.477 e. The van der Waals surface area contributed by atoms with Crippen LogP contribution in [0.4, 0.5) is 0 Å². The third-order valence-corrected chi connectivity index (χ3v) is 2.23. The molecule has 2 rings (SSSR count). The van der Waals surface area contributed by atoms with Crippen LogP contribution in [0.5, 0.6) is 0 Å². The predicted octanol–water partition coefficient (Wildman–Crippen LogP) is 2.40. The number of aliphatic imine (C=N–C) groups is 1. The maximum Gasteiger partial charge on any atom is 0.199 e. The average Bonchev–Trinajstić information content (AvgIpc) is 2.67. The second-order valence-electron chi connectivity index (χ2n) is 2.89. The van der Waals surface area contributed by atoms with Gasteiger partial charge < -0.3 is 4.74 Å². The van der Waals surface area contributed by atoms with Crippen LogP contribution in [0.1, 0.15) is 11.6 Å². The fourth-order valence-corrected chi connectivity index (χ4v) is 1.49. The quantitative estimate of drug-likeness (QED) is 0.665. The highest BCUT2D eigenvalue weighted by atomic mass is 35.5. The number of halogens is 1. The van der Waals surface area contributed by atoms with Gasteiger partial charge in [0.2, 0.25) is 0 Å². The number of hydrogen-bond donors (Lipinski definition) is 0. The predicted molar refractivity (Wildman–Crippen MR) is 53.3 cm³/mol. The first kappa shape index (κ1) is 8.57. The molecule has 1 aliphatic heterocycles. The van der Waals surface area contributed by atoms with Crippen LogP contribution < -0.4 is 0 Å². The van der Waals surface area contributed by atoms with Crippen molar-refractivity contribution in [1.29, 1.82) is 0 Å². The van der Waals surface area contributed by atoms with Gasteiger partial charge >= 0.3 is 0 Å². The normalized spacial score (nSPS) is 21.0. The van der Waals surface area contributed by atoms with Crippen LogP contribution in [-0.2, 0) is 4.74 Å². The lowest BCUT2D eigenvalue weighted by Crippen LogP contribution is -1.99. The minimum Gasteiger partial charge on any atom is -0.477 e. The summed E-state index contributed by atoms with van der Waals surface area (Å²) in [6, 6.07) is 10.2. The minimum absolute atomic E-state index is 0.134. The molecule has 0 spiro atoms. The summed E-state index contributed by atoms with van der Waals surface area (Å²) in [6.07, 6.45) is 0. The molecule has 0 fully saturated rings. The van der Waals surface area contributed by atoms with Crippen LogP contribution in [0.2, 0.25) is 0 Å². The lowest BCUT2D eigenvalue weighted by Gasteiger charge is -2.03. The van der Waals surface area contributed by atoms with E-state index in [1.54, 1.807) is 0 Å². The van der Waals surface area contributed by atoms with Crippen LogP contribution in [0.15, 0.2) is 35.3 Å². The van der Waals surface area contributed by atoms with Gasteiger partial charge in [0.15, 0.2) is 5.90 Å². The first-order valence-electron chi connectivity index (χ1n) is 4.20. The molecule has 0 amide bonds. The summed E-state index contributed by atoms with van der Waals surface area (Å²) in [5, 5.41) is 0. The lowest BCUT2D eigenvalue weighted by molar-refractivity contribution is 0.317. The second kappa shape index (κ2) is 3.79. The van der Waals surface area contributed by atoms with E-state index < -0.39 is 0 Å². The molecule has 1 aliphatic rings. The number of nitrogens with zero attached hydrogens (tertiary/aromatic N) is 1. The van der Waals surface area contributed by atoms with Gasteiger partial charge in [0.1, 0.15) is 12.6 Å². The van der Waals surface area contributed by atoms with E-state index in [0.717, 1.165) is 0 Å². The van der Waals surface area contributed by atoms with Gasteiger partial charge in [0.05, 0.1) is 5.88 Å². The fourth-order valence-electron chi connectivity index (χ4n) is 1.34. The highest BCUT2D eigenvalue weighted by Crippen LogP contribution is 2.22. The monoisotopic (exact) mass is 195 g/mol. The molecule has 0 saturated heterocycles. The third-order valence-electron chi connectivity index (χ3n) is 2.01. The van der Waals surface area contributed by atoms with Crippen molar-refractivity contribution in [2.24, 2.45) is 4.99 Å². The molecule has 3 heteroatoms. The Balaban J connectivity index is 2.16. The summed E-state index contributed by atoms with van der Waals surface area (Å²) in [6.45, 7) is 0.617. The molecule has 2 nitrogen and oxygen atoms in total. The SMILES string of the molecule is ClCC1=N[C@@H](c2ccccc2)CO1. The standard InChI is InChI=1S/C10H10ClNO/c11-6-10-12-9(7-13-10)8-4-2-1-3-5-8/h1-5,9H,6-7H2/t9-/m1/s1. The molecule has 0 N–H and O–H groups in total. The number of benzene rings is 1. The summed E-state index contributed by atoms with van der Waals surface area (Å²) >= 11 is 5.60. The number of rotatable bonds is 2. The molecule has 0 aliphatic carbocycles. The van der Waals surface area contributed by atoms with E-state index >= 15 is 0 Å². The highest BCUT2D eigenvalue weighted by Gasteiger charge is 2.18. The summed E-state index contributed by atoms with van der Waals surface area (Å²) in [5.41, 5.74) is 1.18. The molecular formula is C10H10ClNO. The van der Waals surface area contributed by atoms with Gasteiger partial charge in [-0.2, -0.15) is 0 Å². The molecule has 1 aromatic rings. The zero-order valence-electron chi connectivity index (χ0n) is 7.11. The smallest absolute Gasteiger partial charge is 0.199 e. The molecule has 0 unspecified atom stereocenters. The fraction of sp³-hybridized carbons (Fsp3) is 0.300. The zero-order chi connectivity index (χ0) is 9.10. The van der Waals surface area contributed by atoms with Crippen molar-refractivity contribution in [3.8, 4) is 0 Å². The lowest BCUT2D eigenvalue weighted by atomic mass is 10.1. The van der Waals surface area contributed by atoms with Gasteiger partial charge in [0, 0.05) is 0 Å². The van der Waals surface area contributed by atoms with Crippen LogP contribution >= 0.6 is 11.6 Å². The van der Waals surface area contributed by atoms with Crippen molar-refractivity contribution >= 4 is 17.5 Å². The molecule has 1 atom stereocenters. The zero-order valence-corrected chi connectivity index (χ0v) is 7.87. The van der Waals surface area contributed by atoms with E-state index in [1.165, 1.54) is 5.56 Å². The Morgan fingerprint density at radius 1 is 1.38 bits per heavy atom. The van der Waals surface area contributed by atoms with E-state index in [-0.39, 0.29) is 6.04 Å². The maximum absolute atomic E-state index is 5.60. The topological polar surface area (TPSA) is 21.6 Å². The van der Waals surface area contributed by atoms with Crippen molar-refractivity contribution in [2.45, 2.75) is 6.04 Å². The van der Waals surface area contributed by atoms with Crippen LogP contribution in [0, 0.1) is 0 Å². The Morgan fingerprint density at radius 3 is 2.77 bits per heavy atom. The third kappa shape index (κ3) is 1.83. The van der Waals surface area contributed by atoms with Crippen LogP contribution in [0.3, 0.4) is 0 Å². The van der Waals surface area contributed by atoms with E-state index in [1.807, 2.05) is 18.2 Å². The van der Waals surface area contributed by atoms with Crippen molar-refractivity contribution in [3.63, 3.8) is 0 Å².